The minimum atomic E-state index is -0.308. The summed E-state index contributed by atoms with van der Waals surface area (Å²) in [7, 11) is 0. The van der Waals surface area contributed by atoms with Gasteiger partial charge in [-0.15, -0.1) is 0 Å². The van der Waals surface area contributed by atoms with Crippen LogP contribution in [0.4, 0.5) is 0 Å². The first-order valence-electron chi connectivity index (χ1n) is 3.33. The lowest BCUT2D eigenvalue weighted by molar-refractivity contribution is -0.137. The number of hydrogen-bond donors (Lipinski definition) is 0. The molecule has 0 aromatic rings. The molecular formula is C7H10O3. The Hall–Kier alpha value is -0.990. The molecule has 1 saturated heterocycles. The molecule has 0 saturated carbocycles. The molecule has 0 radical (unpaired) electrons. The van der Waals surface area contributed by atoms with E-state index >= 15 is 0 Å². The molecule has 1 rings (SSSR count). The Bertz CT molecular complexity index is 154. The van der Waals surface area contributed by atoms with Crippen molar-refractivity contribution in [3.05, 3.63) is 11.8 Å². The van der Waals surface area contributed by atoms with Crippen molar-refractivity contribution in [1.82, 2.24) is 0 Å². The Morgan fingerprint density at radius 3 is 3.00 bits per heavy atom. The highest BCUT2D eigenvalue weighted by atomic mass is 16.5. The summed E-state index contributed by atoms with van der Waals surface area (Å²) in [5.74, 6) is 0.427. The van der Waals surface area contributed by atoms with Gasteiger partial charge < -0.3 is 9.47 Å². The van der Waals surface area contributed by atoms with Crippen LogP contribution in [0, 0.1) is 0 Å². The van der Waals surface area contributed by atoms with Crippen LogP contribution < -0.4 is 0 Å². The van der Waals surface area contributed by atoms with Gasteiger partial charge in [0.1, 0.15) is 5.76 Å². The van der Waals surface area contributed by atoms with Gasteiger partial charge in [-0.3, -0.25) is 0 Å². The lowest BCUT2D eigenvalue weighted by atomic mass is 10.3. The van der Waals surface area contributed by atoms with Crippen molar-refractivity contribution in [2.24, 2.45) is 0 Å². The third-order valence-electron chi connectivity index (χ3n) is 1.20. The van der Waals surface area contributed by atoms with Gasteiger partial charge in [0.05, 0.1) is 19.3 Å². The molecular weight excluding hydrogens is 132 g/mol. The van der Waals surface area contributed by atoms with Gasteiger partial charge in [0.15, 0.2) is 0 Å². The maximum absolute atomic E-state index is 10.7. The fourth-order valence-electron chi connectivity index (χ4n) is 0.649. The van der Waals surface area contributed by atoms with Crippen LogP contribution in [-0.4, -0.2) is 19.2 Å². The Morgan fingerprint density at radius 1 is 1.90 bits per heavy atom. The Morgan fingerprint density at radius 2 is 2.60 bits per heavy atom. The largest absolute Gasteiger partial charge is 0.497 e. The average molecular weight is 142 g/mol. The molecule has 10 heavy (non-hydrogen) atoms. The highest BCUT2D eigenvalue weighted by molar-refractivity contribution is 5.82. The second-order valence-electron chi connectivity index (χ2n) is 1.96. The lowest BCUT2D eigenvalue weighted by Gasteiger charge is -2.17. The fourth-order valence-corrected chi connectivity index (χ4v) is 0.649. The molecule has 56 valence electrons. The van der Waals surface area contributed by atoms with Gasteiger partial charge >= 0.3 is 5.97 Å². The summed E-state index contributed by atoms with van der Waals surface area (Å²) in [4.78, 5) is 10.7. The van der Waals surface area contributed by atoms with Crippen LogP contribution in [0.25, 0.3) is 0 Å². The van der Waals surface area contributed by atoms with Crippen molar-refractivity contribution in [1.29, 1.82) is 0 Å². The van der Waals surface area contributed by atoms with E-state index in [0.29, 0.717) is 6.61 Å². The molecule has 0 spiro atoms. The van der Waals surface area contributed by atoms with Crippen molar-refractivity contribution in [2.75, 3.05) is 13.2 Å². The predicted molar refractivity (Wildman–Crippen MR) is 35.3 cm³/mol. The number of hydrogen-bond acceptors (Lipinski definition) is 3. The van der Waals surface area contributed by atoms with Crippen LogP contribution in [0.1, 0.15) is 13.3 Å². The van der Waals surface area contributed by atoms with E-state index in [1.165, 1.54) is 6.08 Å². The van der Waals surface area contributed by atoms with Crippen LogP contribution in [0.2, 0.25) is 0 Å². The molecule has 0 unspecified atom stereocenters. The van der Waals surface area contributed by atoms with E-state index in [1.807, 2.05) is 0 Å². The molecule has 0 amide bonds. The van der Waals surface area contributed by atoms with Gasteiger partial charge in [0.25, 0.3) is 0 Å². The minimum absolute atomic E-state index is 0.308. The Balaban J connectivity index is 2.28. The van der Waals surface area contributed by atoms with Gasteiger partial charge in [-0.1, -0.05) is 0 Å². The molecule has 0 aromatic heterocycles. The second kappa shape index (κ2) is 3.25. The summed E-state index contributed by atoms with van der Waals surface area (Å²) in [6.45, 7) is 2.92. The molecule has 3 nitrogen and oxygen atoms in total. The van der Waals surface area contributed by atoms with Crippen molar-refractivity contribution in [2.45, 2.75) is 13.3 Å². The van der Waals surface area contributed by atoms with E-state index < -0.39 is 0 Å². The van der Waals surface area contributed by atoms with E-state index in [1.54, 1.807) is 6.92 Å². The van der Waals surface area contributed by atoms with Gasteiger partial charge in [-0.05, 0) is 6.92 Å². The van der Waals surface area contributed by atoms with E-state index in [-0.39, 0.29) is 5.97 Å². The predicted octanol–water partition coefficient (Wildman–Crippen LogP) is 0.854. The summed E-state index contributed by atoms with van der Waals surface area (Å²) < 4.78 is 9.56. The molecule has 0 bridgehead atoms. The molecule has 1 aliphatic rings. The summed E-state index contributed by atoms with van der Waals surface area (Å²) in [5, 5.41) is 0. The first-order valence-corrected chi connectivity index (χ1v) is 3.33. The van der Waals surface area contributed by atoms with Gasteiger partial charge in [0, 0.05) is 6.42 Å². The second-order valence-corrected chi connectivity index (χ2v) is 1.96. The summed E-state index contributed by atoms with van der Waals surface area (Å²) in [5.41, 5.74) is 0. The van der Waals surface area contributed by atoms with Crippen LogP contribution in [0.15, 0.2) is 11.8 Å². The van der Waals surface area contributed by atoms with E-state index in [0.717, 1.165) is 18.8 Å². The number of ether oxygens (including phenoxy) is 2. The number of carbonyl (C=O) groups is 1. The average Bonchev–Trinajstić information content (AvgIpc) is 1.80. The van der Waals surface area contributed by atoms with Gasteiger partial charge in [-0.2, -0.15) is 0 Å². The zero-order chi connectivity index (χ0) is 7.40. The molecule has 0 atom stereocenters. The zero-order valence-corrected chi connectivity index (χ0v) is 5.92. The molecule has 1 fully saturated rings. The van der Waals surface area contributed by atoms with Crippen LogP contribution in [0.5, 0.6) is 0 Å². The highest BCUT2D eigenvalue weighted by Gasteiger charge is 2.11. The maximum atomic E-state index is 10.7. The van der Waals surface area contributed by atoms with Crippen LogP contribution in [-0.2, 0) is 14.3 Å². The first-order chi connectivity index (χ1) is 4.83. The topological polar surface area (TPSA) is 35.5 Å². The van der Waals surface area contributed by atoms with Crippen LogP contribution >= 0.6 is 0 Å². The lowest BCUT2D eigenvalue weighted by Crippen LogP contribution is -2.11. The fraction of sp³-hybridized carbons (Fsp3) is 0.571. The Labute approximate surface area is 59.6 Å². The molecule has 0 aliphatic carbocycles. The smallest absolute Gasteiger partial charge is 0.334 e. The highest BCUT2D eigenvalue weighted by Crippen LogP contribution is 2.14. The maximum Gasteiger partial charge on any atom is 0.334 e. The normalized spacial score (nSPS) is 19.5. The van der Waals surface area contributed by atoms with E-state index in [2.05, 4.69) is 4.74 Å². The SMILES string of the molecule is CCOC(=O)/C=C1/CCO1. The van der Waals surface area contributed by atoms with Gasteiger partial charge in [0.2, 0.25) is 0 Å². The number of esters is 1. The number of carbonyl (C=O) groups excluding carboxylic acids is 1. The summed E-state index contributed by atoms with van der Waals surface area (Å²) in [6.07, 6.45) is 2.26. The minimum Gasteiger partial charge on any atom is -0.497 e. The number of rotatable bonds is 2. The Kier molecular flexibility index (Phi) is 2.31. The summed E-state index contributed by atoms with van der Waals surface area (Å²) >= 11 is 0. The molecule has 0 N–H and O–H groups in total. The third kappa shape index (κ3) is 1.76. The van der Waals surface area contributed by atoms with Gasteiger partial charge in [-0.25, -0.2) is 4.79 Å². The third-order valence-corrected chi connectivity index (χ3v) is 1.20. The molecule has 1 heterocycles. The van der Waals surface area contributed by atoms with Crippen molar-refractivity contribution in [3.63, 3.8) is 0 Å². The van der Waals surface area contributed by atoms with Crippen molar-refractivity contribution in [3.8, 4) is 0 Å². The monoisotopic (exact) mass is 142 g/mol. The molecule has 1 aliphatic heterocycles. The summed E-state index contributed by atoms with van der Waals surface area (Å²) in [6, 6.07) is 0. The molecule has 3 heteroatoms. The van der Waals surface area contributed by atoms with Crippen molar-refractivity contribution < 1.29 is 14.3 Å². The van der Waals surface area contributed by atoms with Crippen LogP contribution in [0.3, 0.4) is 0 Å². The van der Waals surface area contributed by atoms with Crippen molar-refractivity contribution >= 4 is 5.97 Å². The van der Waals surface area contributed by atoms with E-state index in [9.17, 15) is 4.79 Å². The standard InChI is InChI=1S/C7H10O3/c1-2-9-7(8)5-6-3-4-10-6/h5H,2-4H2,1H3/b6-5-. The first kappa shape index (κ1) is 7.12. The zero-order valence-electron chi connectivity index (χ0n) is 5.92. The van der Waals surface area contributed by atoms with E-state index in [4.69, 9.17) is 4.74 Å². The quantitative estimate of drug-likeness (QED) is 0.423. The molecule has 0 aromatic carbocycles.